The molecule has 0 aromatic rings. The molecule has 0 radical (unpaired) electrons. The van der Waals surface area contributed by atoms with Crippen LogP contribution in [-0.2, 0) is 9.59 Å². The molecular formula is C11H19N3O2. The van der Waals surface area contributed by atoms with Crippen LogP contribution < -0.4 is 10.6 Å². The normalized spacial score (nSPS) is 11.3. The lowest BCUT2D eigenvalue weighted by Gasteiger charge is -2.08. The van der Waals surface area contributed by atoms with Gasteiger partial charge >= 0.3 is 0 Å². The molecule has 0 fully saturated rings. The standard InChI is InChI=1S/C11H19N3O2/c1-3-6-13-10(15)5-7-14-11(16)9(4-2)8-12/h9H,3-7H2,1-2H3,(H,13,15)(H,14,16). The molecule has 2 N–H and O–H groups in total. The van der Waals surface area contributed by atoms with Gasteiger partial charge in [0, 0.05) is 19.5 Å². The number of carbonyl (C=O) groups is 2. The first-order valence-corrected chi connectivity index (χ1v) is 5.59. The average molecular weight is 225 g/mol. The number of hydrogen-bond donors (Lipinski definition) is 2. The summed E-state index contributed by atoms with van der Waals surface area (Å²) in [5, 5.41) is 13.9. The van der Waals surface area contributed by atoms with Crippen molar-refractivity contribution in [2.24, 2.45) is 5.92 Å². The summed E-state index contributed by atoms with van der Waals surface area (Å²) in [5.74, 6) is -0.987. The fraction of sp³-hybridized carbons (Fsp3) is 0.727. The number of nitriles is 1. The van der Waals surface area contributed by atoms with Crippen molar-refractivity contribution in [3.63, 3.8) is 0 Å². The van der Waals surface area contributed by atoms with Crippen LogP contribution in [0, 0.1) is 17.2 Å². The molecule has 0 rings (SSSR count). The van der Waals surface area contributed by atoms with E-state index in [1.165, 1.54) is 0 Å². The largest absolute Gasteiger partial charge is 0.356 e. The number of hydrogen-bond acceptors (Lipinski definition) is 3. The minimum atomic E-state index is -0.612. The number of nitrogens with one attached hydrogen (secondary N) is 2. The van der Waals surface area contributed by atoms with Crippen molar-refractivity contribution in [3.05, 3.63) is 0 Å². The van der Waals surface area contributed by atoms with Gasteiger partial charge in [-0.15, -0.1) is 0 Å². The van der Waals surface area contributed by atoms with E-state index in [4.69, 9.17) is 5.26 Å². The van der Waals surface area contributed by atoms with E-state index in [0.717, 1.165) is 6.42 Å². The molecule has 0 aliphatic heterocycles. The molecule has 5 heteroatoms. The molecule has 0 bridgehead atoms. The van der Waals surface area contributed by atoms with Gasteiger partial charge in [-0.05, 0) is 12.8 Å². The van der Waals surface area contributed by atoms with Crippen molar-refractivity contribution in [3.8, 4) is 6.07 Å². The molecule has 16 heavy (non-hydrogen) atoms. The third-order valence-electron chi connectivity index (χ3n) is 2.10. The minimum Gasteiger partial charge on any atom is -0.356 e. The average Bonchev–Trinajstić information content (AvgIpc) is 2.28. The Hall–Kier alpha value is -1.57. The highest BCUT2D eigenvalue weighted by Crippen LogP contribution is 1.99. The fourth-order valence-electron chi connectivity index (χ4n) is 1.11. The van der Waals surface area contributed by atoms with Crippen LogP contribution in [0.25, 0.3) is 0 Å². The van der Waals surface area contributed by atoms with E-state index in [0.29, 0.717) is 13.0 Å². The van der Waals surface area contributed by atoms with Gasteiger partial charge in [0.2, 0.25) is 11.8 Å². The second-order valence-corrected chi connectivity index (χ2v) is 3.48. The van der Waals surface area contributed by atoms with Gasteiger partial charge in [0.05, 0.1) is 6.07 Å². The first-order valence-electron chi connectivity index (χ1n) is 5.59. The van der Waals surface area contributed by atoms with Crippen molar-refractivity contribution < 1.29 is 9.59 Å². The Bertz CT molecular complexity index is 271. The molecule has 2 amide bonds. The van der Waals surface area contributed by atoms with Crippen LogP contribution >= 0.6 is 0 Å². The Morgan fingerprint density at radius 1 is 1.25 bits per heavy atom. The van der Waals surface area contributed by atoms with Crippen LogP contribution in [0.1, 0.15) is 33.1 Å². The van der Waals surface area contributed by atoms with E-state index in [1.54, 1.807) is 6.92 Å². The molecule has 0 heterocycles. The van der Waals surface area contributed by atoms with Crippen molar-refractivity contribution >= 4 is 11.8 Å². The molecular weight excluding hydrogens is 206 g/mol. The molecule has 0 aliphatic carbocycles. The van der Waals surface area contributed by atoms with Gasteiger partial charge < -0.3 is 10.6 Å². The van der Waals surface area contributed by atoms with Crippen LogP contribution in [0.5, 0.6) is 0 Å². The lowest BCUT2D eigenvalue weighted by Crippen LogP contribution is -2.34. The highest BCUT2D eigenvalue weighted by Gasteiger charge is 2.14. The van der Waals surface area contributed by atoms with Crippen LogP contribution in [0.3, 0.4) is 0 Å². The summed E-state index contributed by atoms with van der Waals surface area (Å²) in [6, 6.07) is 1.91. The zero-order chi connectivity index (χ0) is 12.4. The third kappa shape index (κ3) is 6.02. The molecule has 0 saturated heterocycles. The maximum Gasteiger partial charge on any atom is 0.237 e. The zero-order valence-corrected chi connectivity index (χ0v) is 9.88. The predicted octanol–water partition coefficient (Wildman–Crippen LogP) is 0.569. The maximum absolute atomic E-state index is 11.3. The Morgan fingerprint density at radius 2 is 1.94 bits per heavy atom. The van der Waals surface area contributed by atoms with Crippen molar-refractivity contribution in [1.82, 2.24) is 10.6 Å². The van der Waals surface area contributed by atoms with Gasteiger partial charge in [-0.3, -0.25) is 9.59 Å². The number of amides is 2. The van der Waals surface area contributed by atoms with Gasteiger partial charge in [-0.25, -0.2) is 0 Å². The smallest absolute Gasteiger partial charge is 0.237 e. The molecule has 0 aromatic carbocycles. The quantitative estimate of drug-likeness (QED) is 0.664. The molecule has 0 aromatic heterocycles. The summed E-state index contributed by atoms with van der Waals surface area (Å²) in [7, 11) is 0. The molecule has 0 spiro atoms. The van der Waals surface area contributed by atoms with Gasteiger partial charge in [0.25, 0.3) is 0 Å². The van der Waals surface area contributed by atoms with E-state index in [9.17, 15) is 9.59 Å². The van der Waals surface area contributed by atoms with Crippen molar-refractivity contribution in [1.29, 1.82) is 5.26 Å². The van der Waals surface area contributed by atoms with Gasteiger partial charge in [0.15, 0.2) is 0 Å². The van der Waals surface area contributed by atoms with E-state index in [1.807, 2.05) is 13.0 Å². The van der Waals surface area contributed by atoms with Crippen LogP contribution in [0.15, 0.2) is 0 Å². The Kier molecular flexibility index (Phi) is 7.86. The van der Waals surface area contributed by atoms with E-state index >= 15 is 0 Å². The topological polar surface area (TPSA) is 82.0 Å². The molecule has 5 nitrogen and oxygen atoms in total. The highest BCUT2D eigenvalue weighted by molar-refractivity contribution is 5.82. The molecule has 0 saturated carbocycles. The van der Waals surface area contributed by atoms with Crippen LogP contribution in [0.2, 0.25) is 0 Å². The second kappa shape index (κ2) is 8.72. The van der Waals surface area contributed by atoms with Gasteiger partial charge in [0.1, 0.15) is 5.92 Å². The lowest BCUT2D eigenvalue weighted by molar-refractivity contribution is -0.124. The molecule has 1 unspecified atom stereocenters. The summed E-state index contributed by atoms with van der Waals surface area (Å²) in [5.41, 5.74) is 0. The lowest BCUT2D eigenvalue weighted by atomic mass is 10.1. The molecule has 90 valence electrons. The number of carbonyl (C=O) groups excluding carboxylic acids is 2. The minimum absolute atomic E-state index is 0.0767. The maximum atomic E-state index is 11.3. The zero-order valence-electron chi connectivity index (χ0n) is 9.88. The fourth-order valence-corrected chi connectivity index (χ4v) is 1.11. The summed E-state index contributed by atoms with van der Waals surface area (Å²) in [6.45, 7) is 4.69. The summed E-state index contributed by atoms with van der Waals surface area (Å²) in [4.78, 5) is 22.5. The monoisotopic (exact) mass is 225 g/mol. The number of nitrogens with zero attached hydrogens (tertiary/aromatic N) is 1. The Labute approximate surface area is 96.2 Å². The SMILES string of the molecule is CCCNC(=O)CCNC(=O)C(C#N)CC. The van der Waals surface area contributed by atoms with E-state index in [2.05, 4.69) is 10.6 Å². The van der Waals surface area contributed by atoms with Crippen molar-refractivity contribution in [2.75, 3.05) is 13.1 Å². The van der Waals surface area contributed by atoms with Crippen molar-refractivity contribution in [2.45, 2.75) is 33.1 Å². The third-order valence-corrected chi connectivity index (χ3v) is 2.10. The summed E-state index contributed by atoms with van der Waals surface area (Å²) in [6.07, 6.45) is 1.64. The van der Waals surface area contributed by atoms with Crippen LogP contribution in [0.4, 0.5) is 0 Å². The Balaban J connectivity index is 3.70. The number of rotatable bonds is 7. The van der Waals surface area contributed by atoms with Crippen LogP contribution in [-0.4, -0.2) is 24.9 Å². The van der Waals surface area contributed by atoms with Gasteiger partial charge in [-0.1, -0.05) is 13.8 Å². The second-order valence-electron chi connectivity index (χ2n) is 3.48. The Morgan fingerprint density at radius 3 is 2.44 bits per heavy atom. The first-order chi connectivity index (χ1) is 7.65. The van der Waals surface area contributed by atoms with E-state index < -0.39 is 5.92 Å². The summed E-state index contributed by atoms with van der Waals surface area (Å²) < 4.78 is 0. The summed E-state index contributed by atoms with van der Waals surface area (Å²) >= 11 is 0. The molecule has 0 aliphatic rings. The first kappa shape index (κ1) is 14.4. The van der Waals surface area contributed by atoms with E-state index in [-0.39, 0.29) is 24.8 Å². The predicted molar refractivity (Wildman–Crippen MR) is 60.3 cm³/mol. The highest BCUT2D eigenvalue weighted by atomic mass is 16.2. The molecule has 1 atom stereocenters. The van der Waals surface area contributed by atoms with Gasteiger partial charge in [-0.2, -0.15) is 5.26 Å².